The molecule has 1 fully saturated rings. The van der Waals surface area contributed by atoms with Gasteiger partial charge >= 0.3 is 7.60 Å². The van der Waals surface area contributed by atoms with Gasteiger partial charge in [-0.1, -0.05) is 6.92 Å². The maximum atomic E-state index is 12.7. The van der Waals surface area contributed by atoms with E-state index in [2.05, 4.69) is 0 Å². The standard InChI is InChI=1S/C11H21O4P/c1-4-11(9-7-8-10(11)12)16(13,14-5-2)15-6-3/h4-9H2,1-3H3. The van der Waals surface area contributed by atoms with E-state index in [1.54, 1.807) is 13.8 Å². The van der Waals surface area contributed by atoms with Crippen molar-refractivity contribution < 1.29 is 18.4 Å². The molecule has 1 rings (SSSR count). The smallest absolute Gasteiger partial charge is 0.308 e. The second-order valence-corrected chi connectivity index (χ2v) is 6.36. The van der Waals surface area contributed by atoms with E-state index in [-0.39, 0.29) is 5.78 Å². The van der Waals surface area contributed by atoms with Crippen LogP contribution in [0.2, 0.25) is 0 Å². The molecule has 0 radical (unpaired) electrons. The molecule has 1 aliphatic carbocycles. The quantitative estimate of drug-likeness (QED) is 0.677. The highest BCUT2D eigenvalue weighted by Crippen LogP contribution is 2.65. The minimum absolute atomic E-state index is 0.0419. The minimum Gasteiger partial charge on any atom is -0.308 e. The van der Waals surface area contributed by atoms with Crippen LogP contribution in [-0.4, -0.2) is 24.2 Å². The van der Waals surface area contributed by atoms with Crippen LogP contribution >= 0.6 is 7.60 Å². The van der Waals surface area contributed by atoms with Crippen LogP contribution in [0.15, 0.2) is 0 Å². The number of Topliss-reactive ketones (excluding diaryl/α,β-unsaturated/α-hetero) is 1. The minimum atomic E-state index is -3.30. The highest BCUT2D eigenvalue weighted by molar-refractivity contribution is 7.56. The molecule has 0 heterocycles. The van der Waals surface area contributed by atoms with Gasteiger partial charge in [-0.25, -0.2) is 0 Å². The number of rotatable bonds is 6. The van der Waals surface area contributed by atoms with Gasteiger partial charge in [0.25, 0.3) is 0 Å². The zero-order valence-corrected chi connectivity index (χ0v) is 11.2. The third kappa shape index (κ3) is 2.11. The number of hydrogen-bond donors (Lipinski definition) is 0. The highest BCUT2D eigenvalue weighted by atomic mass is 31.2. The maximum absolute atomic E-state index is 12.7. The average Bonchev–Trinajstić information content (AvgIpc) is 2.61. The van der Waals surface area contributed by atoms with Crippen LogP contribution in [0.1, 0.15) is 46.5 Å². The van der Waals surface area contributed by atoms with E-state index in [0.717, 1.165) is 6.42 Å². The highest BCUT2D eigenvalue weighted by Gasteiger charge is 2.56. The molecule has 16 heavy (non-hydrogen) atoms. The lowest BCUT2D eigenvalue weighted by Crippen LogP contribution is -2.34. The Labute approximate surface area is 97.2 Å². The van der Waals surface area contributed by atoms with Gasteiger partial charge in [0.15, 0.2) is 5.78 Å². The average molecular weight is 248 g/mol. The second-order valence-electron chi connectivity index (χ2n) is 3.99. The van der Waals surface area contributed by atoms with Crippen LogP contribution in [0, 0.1) is 0 Å². The molecule has 0 amide bonds. The molecule has 94 valence electrons. The number of hydrogen-bond acceptors (Lipinski definition) is 4. The molecule has 1 atom stereocenters. The lowest BCUT2D eigenvalue weighted by molar-refractivity contribution is -0.120. The molecule has 5 heteroatoms. The molecular weight excluding hydrogens is 227 g/mol. The van der Waals surface area contributed by atoms with Crippen LogP contribution in [0.3, 0.4) is 0 Å². The monoisotopic (exact) mass is 248 g/mol. The van der Waals surface area contributed by atoms with Crippen molar-refractivity contribution in [2.75, 3.05) is 13.2 Å². The van der Waals surface area contributed by atoms with Crippen molar-refractivity contribution in [1.29, 1.82) is 0 Å². The normalized spacial score (nSPS) is 26.3. The van der Waals surface area contributed by atoms with Crippen LogP contribution < -0.4 is 0 Å². The Balaban J connectivity index is 3.07. The molecule has 1 saturated carbocycles. The third-order valence-electron chi connectivity index (χ3n) is 3.22. The van der Waals surface area contributed by atoms with E-state index < -0.39 is 12.8 Å². The molecule has 0 N–H and O–H groups in total. The zero-order valence-electron chi connectivity index (χ0n) is 10.3. The summed E-state index contributed by atoms with van der Waals surface area (Å²) in [6, 6.07) is 0. The first-order valence-electron chi connectivity index (χ1n) is 5.98. The van der Waals surface area contributed by atoms with Gasteiger partial charge in [0.1, 0.15) is 5.16 Å². The van der Waals surface area contributed by atoms with E-state index in [4.69, 9.17) is 9.05 Å². The molecule has 1 aliphatic rings. The summed E-state index contributed by atoms with van der Waals surface area (Å²) in [6.45, 7) is 6.05. The van der Waals surface area contributed by atoms with Gasteiger partial charge in [-0.3, -0.25) is 9.36 Å². The van der Waals surface area contributed by atoms with Crippen molar-refractivity contribution in [3.05, 3.63) is 0 Å². The molecule has 4 nitrogen and oxygen atoms in total. The summed E-state index contributed by atoms with van der Waals surface area (Å²) in [5.41, 5.74) is 0. The van der Waals surface area contributed by atoms with Gasteiger partial charge in [-0.2, -0.15) is 0 Å². The van der Waals surface area contributed by atoms with Crippen LogP contribution in [-0.2, 0) is 18.4 Å². The predicted octanol–water partition coefficient (Wildman–Crippen LogP) is 3.15. The molecule has 0 spiro atoms. The predicted molar refractivity (Wildman–Crippen MR) is 62.7 cm³/mol. The van der Waals surface area contributed by atoms with Gasteiger partial charge in [-0.15, -0.1) is 0 Å². The Morgan fingerprint density at radius 2 is 1.81 bits per heavy atom. The van der Waals surface area contributed by atoms with Crippen molar-refractivity contribution in [1.82, 2.24) is 0 Å². The first-order valence-corrected chi connectivity index (χ1v) is 7.53. The fourth-order valence-electron chi connectivity index (χ4n) is 2.40. The Morgan fingerprint density at radius 3 is 2.12 bits per heavy atom. The van der Waals surface area contributed by atoms with E-state index in [1.165, 1.54) is 0 Å². The summed E-state index contributed by atoms with van der Waals surface area (Å²) in [6.07, 6.45) is 2.44. The number of carbonyl (C=O) groups excluding carboxylic acids is 1. The van der Waals surface area contributed by atoms with Gasteiger partial charge in [-0.05, 0) is 33.1 Å². The van der Waals surface area contributed by atoms with Gasteiger partial charge < -0.3 is 9.05 Å². The lowest BCUT2D eigenvalue weighted by Gasteiger charge is -2.33. The summed E-state index contributed by atoms with van der Waals surface area (Å²) in [5, 5.41) is -0.876. The Morgan fingerprint density at radius 1 is 1.25 bits per heavy atom. The number of ketones is 1. The van der Waals surface area contributed by atoms with Crippen molar-refractivity contribution in [3.63, 3.8) is 0 Å². The second kappa shape index (κ2) is 5.44. The molecule has 0 aliphatic heterocycles. The Kier molecular flexibility index (Phi) is 4.72. The summed E-state index contributed by atoms with van der Waals surface area (Å²) in [7, 11) is -3.30. The Hall–Kier alpha value is -0.180. The van der Waals surface area contributed by atoms with Crippen molar-refractivity contribution in [2.45, 2.75) is 51.6 Å². The molecule has 0 saturated heterocycles. The van der Waals surface area contributed by atoms with Crippen molar-refractivity contribution in [2.24, 2.45) is 0 Å². The largest absolute Gasteiger partial charge is 0.344 e. The fourth-order valence-corrected chi connectivity index (χ4v) is 4.88. The molecule has 0 aromatic rings. The summed E-state index contributed by atoms with van der Waals surface area (Å²) < 4.78 is 23.4. The topological polar surface area (TPSA) is 52.6 Å². The van der Waals surface area contributed by atoms with Crippen LogP contribution in [0.25, 0.3) is 0 Å². The van der Waals surface area contributed by atoms with Crippen molar-refractivity contribution >= 4 is 13.4 Å². The van der Waals surface area contributed by atoms with Gasteiger partial charge in [0.2, 0.25) is 0 Å². The molecule has 1 unspecified atom stereocenters. The maximum Gasteiger partial charge on any atom is 0.344 e. The molecule has 0 aromatic heterocycles. The fraction of sp³-hybridized carbons (Fsp3) is 0.909. The first kappa shape index (κ1) is 13.9. The van der Waals surface area contributed by atoms with Crippen LogP contribution in [0.4, 0.5) is 0 Å². The zero-order chi connectivity index (χ0) is 12.2. The van der Waals surface area contributed by atoms with Gasteiger partial charge in [0.05, 0.1) is 13.2 Å². The van der Waals surface area contributed by atoms with E-state index in [1.807, 2.05) is 6.92 Å². The summed E-state index contributed by atoms with van der Waals surface area (Å²) in [5.74, 6) is 0.0419. The molecule has 0 bridgehead atoms. The van der Waals surface area contributed by atoms with E-state index >= 15 is 0 Å². The Bertz CT molecular complexity index is 292. The first-order chi connectivity index (χ1) is 7.56. The summed E-state index contributed by atoms with van der Waals surface area (Å²) in [4.78, 5) is 12.0. The van der Waals surface area contributed by atoms with Gasteiger partial charge in [0, 0.05) is 6.42 Å². The van der Waals surface area contributed by atoms with Crippen LogP contribution in [0.5, 0.6) is 0 Å². The SMILES string of the molecule is CCOP(=O)(OCC)C1(CC)CCCC1=O. The number of carbonyl (C=O) groups is 1. The van der Waals surface area contributed by atoms with E-state index in [0.29, 0.717) is 32.5 Å². The lowest BCUT2D eigenvalue weighted by atomic mass is 10.0. The molecule has 0 aromatic carbocycles. The summed E-state index contributed by atoms with van der Waals surface area (Å²) >= 11 is 0. The van der Waals surface area contributed by atoms with Crippen molar-refractivity contribution in [3.8, 4) is 0 Å². The molecular formula is C11H21O4P. The third-order valence-corrected chi connectivity index (χ3v) is 6.25. The van der Waals surface area contributed by atoms with E-state index in [9.17, 15) is 9.36 Å².